The molecule has 0 amide bonds. The summed E-state index contributed by atoms with van der Waals surface area (Å²) in [5.74, 6) is 0.879. The van der Waals surface area contributed by atoms with Crippen LogP contribution in [0.5, 0.6) is 0 Å². The van der Waals surface area contributed by atoms with Crippen LogP contribution < -0.4 is 0 Å². The predicted molar refractivity (Wildman–Crippen MR) is 81.1 cm³/mol. The molecule has 3 aromatic rings. The first-order chi connectivity index (χ1) is 10.8. The number of rotatable bonds is 3. The third kappa shape index (κ3) is 2.38. The summed E-state index contributed by atoms with van der Waals surface area (Å²) >= 11 is 0. The second kappa shape index (κ2) is 5.51. The smallest absolute Gasteiger partial charge is 0.163 e. The minimum absolute atomic E-state index is 0.0257. The number of H-pyrrole nitrogens is 1. The number of hydrogen-bond donors (Lipinski definition) is 1. The molecule has 4 rings (SSSR count). The number of para-hydroxylation sites is 1. The summed E-state index contributed by atoms with van der Waals surface area (Å²) in [5, 5.41) is 16.5. The van der Waals surface area contributed by atoms with Crippen LogP contribution in [0.2, 0.25) is 0 Å². The van der Waals surface area contributed by atoms with Crippen molar-refractivity contribution in [2.24, 2.45) is 7.05 Å². The van der Waals surface area contributed by atoms with E-state index in [9.17, 15) is 0 Å². The molecule has 1 aromatic carbocycles. The summed E-state index contributed by atoms with van der Waals surface area (Å²) in [7, 11) is 1.95. The number of morpholine rings is 1. The van der Waals surface area contributed by atoms with Crippen molar-refractivity contribution in [1.82, 2.24) is 29.9 Å². The summed E-state index contributed by atoms with van der Waals surface area (Å²) in [6.07, 6.45) is 3.55. The van der Waals surface area contributed by atoms with Gasteiger partial charge in [0.05, 0.1) is 18.3 Å². The molecule has 1 aliphatic heterocycles. The lowest BCUT2D eigenvalue weighted by Gasteiger charge is -2.32. The van der Waals surface area contributed by atoms with Gasteiger partial charge in [-0.2, -0.15) is 5.10 Å². The molecule has 7 heteroatoms. The summed E-state index contributed by atoms with van der Waals surface area (Å²) in [6, 6.07) is 6.30. The molecule has 1 aliphatic rings. The van der Waals surface area contributed by atoms with E-state index < -0.39 is 0 Å². The Morgan fingerprint density at radius 3 is 3.23 bits per heavy atom. The highest BCUT2D eigenvalue weighted by atomic mass is 16.5. The lowest BCUT2D eigenvalue weighted by molar-refractivity contribution is -0.0384. The van der Waals surface area contributed by atoms with Crippen molar-refractivity contribution >= 4 is 10.9 Å². The molecule has 114 valence electrons. The summed E-state index contributed by atoms with van der Waals surface area (Å²) < 4.78 is 7.78. The van der Waals surface area contributed by atoms with Gasteiger partial charge in [-0.1, -0.05) is 18.2 Å². The first kappa shape index (κ1) is 13.4. The van der Waals surface area contributed by atoms with Crippen LogP contribution in [0.4, 0.5) is 0 Å². The van der Waals surface area contributed by atoms with Gasteiger partial charge in [0.1, 0.15) is 12.4 Å². The van der Waals surface area contributed by atoms with Crippen LogP contribution in [0.25, 0.3) is 10.9 Å². The second-order valence-corrected chi connectivity index (χ2v) is 5.65. The van der Waals surface area contributed by atoms with Gasteiger partial charge in [0, 0.05) is 32.1 Å². The maximum Gasteiger partial charge on any atom is 0.163 e. The number of aromatic amines is 1. The molecule has 0 radical (unpaired) electrons. The summed E-state index contributed by atoms with van der Waals surface area (Å²) in [4.78, 5) is 2.39. The van der Waals surface area contributed by atoms with Crippen LogP contribution in [-0.2, 0) is 18.3 Å². The van der Waals surface area contributed by atoms with Gasteiger partial charge in [-0.15, -0.1) is 10.2 Å². The zero-order valence-corrected chi connectivity index (χ0v) is 12.4. The molecule has 0 bridgehead atoms. The van der Waals surface area contributed by atoms with Gasteiger partial charge in [0.25, 0.3) is 0 Å². The minimum Gasteiger partial charge on any atom is -0.368 e. The van der Waals surface area contributed by atoms with E-state index in [0.717, 1.165) is 36.4 Å². The van der Waals surface area contributed by atoms with Crippen LogP contribution in [0, 0.1) is 0 Å². The van der Waals surface area contributed by atoms with Gasteiger partial charge in [-0.3, -0.25) is 10.00 Å². The Morgan fingerprint density at radius 1 is 1.41 bits per heavy atom. The Kier molecular flexibility index (Phi) is 3.36. The number of ether oxygens (including phenoxy) is 1. The number of benzene rings is 1. The Balaban J connectivity index is 1.53. The van der Waals surface area contributed by atoms with E-state index in [2.05, 4.69) is 43.5 Å². The number of hydrogen-bond acceptors (Lipinski definition) is 5. The van der Waals surface area contributed by atoms with E-state index >= 15 is 0 Å². The number of nitrogens with zero attached hydrogens (tertiary/aromatic N) is 5. The van der Waals surface area contributed by atoms with Gasteiger partial charge in [0.2, 0.25) is 0 Å². The Bertz CT molecular complexity index is 779. The van der Waals surface area contributed by atoms with Crippen molar-refractivity contribution in [3.63, 3.8) is 0 Å². The fourth-order valence-corrected chi connectivity index (χ4v) is 2.99. The van der Waals surface area contributed by atoms with Crippen molar-refractivity contribution < 1.29 is 4.74 Å². The highest BCUT2D eigenvalue weighted by molar-refractivity contribution is 5.81. The number of nitrogens with one attached hydrogen (secondary N) is 1. The van der Waals surface area contributed by atoms with Crippen LogP contribution in [0.1, 0.15) is 17.5 Å². The maximum absolute atomic E-state index is 5.86. The lowest BCUT2D eigenvalue weighted by Crippen LogP contribution is -2.38. The van der Waals surface area contributed by atoms with Crippen LogP contribution in [0.3, 0.4) is 0 Å². The largest absolute Gasteiger partial charge is 0.368 e. The van der Waals surface area contributed by atoms with Crippen molar-refractivity contribution in [2.75, 3.05) is 19.7 Å². The SMILES string of the molecule is Cn1cnnc1[C@@H]1CN(Cc2cccc3cn[nH]c23)CCO1. The van der Waals surface area contributed by atoms with E-state index in [1.165, 1.54) is 5.56 Å². The van der Waals surface area contributed by atoms with Crippen LogP contribution in [-0.4, -0.2) is 49.6 Å². The zero-order chi connectivity index (χ0) is 14.9. The molecular weight excluding hydrogens is 280 g/mol. The molecule has 1 saturated heterocycles. The third-order valence-electron chi connectivity index (χ3n) is 4.14. The highest BCUT2D eigenvalue weighted by Gasteiger charge is 2.25. The van der Waals surface area contributed by atoms with Crippen LogP contribution >= 0.6 is 0 Å². The quantitative estimate of drug-likeness (QED) is 0.788. The minimum atomic E-state index is -0.0257. The van der Waals surface area contributed by atoms with E-state index in [0.29, 0.717) is 6.61 Å². The van der Waals surface area contributed by atoms with E-state index in [4.69, 9.17) is 4.74 Å². The van der Waals surface area contributed by atoms with Crippen molar-refractivity contribution in [2.45, 2.75) is 12.6 Å². The number of aromatic nitrogens is 5. The fourth-order valence-electron chi connectivity index (χ4n) is 2.99. The molecule has 0 aliphatic carbocycles. The van der Waals surface area contributed by atoms with Gasteiger partial charge in [0.15, 0.2) is 5.82 Å². The molecule has 1 fully saturated rings. The lowest BCUT2D eigenvalue weighted by atomic mass is 10.1. The normalized spacial score (nSPS) is 19.8. The van der Waals surface area contributed by atoms with Crippen LogP contribution in [0.15, 0.2) is 30.7 Å². The summed E-state index contributed by atoms with van der Waals surface area (Å²) in [6.45, 7) is 3.31. The molecule has 0 spiro atoms. The standard InChI is InChI=1S/C15H18N6O/c1-20-10-17-19-15(20)13-9-21(5-6-22-13)8-12-4-2-3-11-7-16-18-14(11)12/h2-4,7,10,13H,5-6,8-9H2,1H3,(H,16,18)/t13-/m0/s1. The zero-order valence-electron chi connectivity index (χ0n) is 12.4. The van der Waals surface area contributed by atoms with Gasteiger partial charge in [-0.05, 0) is 5.56 Å². The average molecular weight is 298 g/mol. The van der Waals surface area contributed by atoms with E-state index in [1.807, 2.05) is 17.8 Å². The topological polar surface area (TPSA) is 71.9 Å². The van der Waals surface area contributed by atoms with E-state index in [1.54, 1.807) is 6.33 Å². The van der Waals surface area contributed by atoms with Crippen molar-refractivity contribution in [1.29, 1.82) is 0 Å². The highest BCUT2D eigenvalue weighted by Crippen LogP contribution is 2.23. The molecule has 7 nitrogen and oxygen atoms in total. The summed E-state index contributed by atoms with van der Waals surface area (Å²) in [5.41, 5.74) is 2.37. The molecule has 0 unspecified atom stereocenters. The maximum atomic E-state index is 5.86. The van der Waals surface area contributed by atoms with Gasteiger partial charge >= 0.3 is 0 Å². The molecule has 1 N–H and O–H groups in total. The Morgan fingerprint density at radius 2 is 2.36 bits per heavy atom. The fraction of sp³-hybridized carbons (Fsp3) is 0.400. The van der Waals surface area contributed by atoms with Gasteiger partial charge in [-0.25, -0.2) is 0 Å². The second-order valence-electron chi connectivity index (χ2n) is 5.65. The van der Waals surface area contributed by atoms with Crippen molar-refractivity contribution in [3.8, 4) is 0 Å². The third-order valence-corrected chi connectivity index (χ3v) is 4.14. The number of aryl methyl sites for hydroxylation is 1. The Labute approximate surface area is 127 Å². The van der Waals surface area contributed by atoms with E-state index in [-0.39, 0.29) is 6.10 Å². The molecule has 3 heterocycles. The first-order valence-corrected chi connectivity index (χ1v) is 7.40. The van der Waals surface area contributed by atoms with Crippen molar-refractivity contribution in [3.05, 3.63) is 42.1 Å². The predicted octanol–water partition coefficient (Wildman–Crippen LogP) is 1.26. The molecule has 0 saturated carbocycles. The molecule has 2 aromatic heterocycles. The first-order valence-electron chi connectivity index (χ1n) is 7.40. The number of fused-ring (bicyclic) bond motifs is 1. The molecule has 22 heavy (non-hydrogen) atoms. The monoisotopic (exact) mass is 298 g/mol. The average Bonchev–Trinajstić information content (AvgIpc) is 3.17. The molecule has 1 atom stereocenters. The Hall–Kier alpha value is -2.25. The molecular formula is C15H18N6O. The van der Waals surface area contributed by atoms with Gasteiger partial charge < -0.3 is 9.30 Å².